The summed E-state index contributed by atoms with van der Waals surface area (Å²) in [7, 11) is 0. The third kappa shape index (κ3) is 8.68. The van der Waals surface area contributed by atoms with E-state index in [0.29, 0.717) is 36.9 Å². The summed E-state index contributed by atoms with van der Waals surface area (Å²) in [6.45, 7) is 1.30. The van der Waals surface area contributed by atoms with Gasteiger partial charge in [0, 0.05) is 50.2 Å². The topological polar surface area (TPSA) is 168 Å². The van der Waals surface area contributed by atoms with Gasteiger partial charge in [0.2, 0.25) is 11.8 Å². The Morgan fingerprint density at radius 2 is 1.64 bits per heavy atom. The lowest BCUT2D eigenvalue weighted by molar-refractivity contribution is -0.131. The molecule has 1 aliphatic heterocycles. The van der Waals surface area contributed by atoms with Crippen molar-refractivity contribution in [2.45, 2.75) is 88.4 Å². The minimum absolute atomic E-state index is 0.155. The minimum Gasteiger partial charge on any atom is -0.383 e. The Morgan fingerprint density at radius 3 is 2.32 bits per heavy atom. The van der Waals surface area contributed by atoms with Gasteiger partial charge in [-0.2, -0.15) is 0 Å². The monoisotopic (exact) mass is 604 g/mol. The molecule has 2 fully saturated rings. The summed E-state index contributed by atoms with van der Waals surface area (Å²) in [5.74, 6) is -0.136. The number of nitrogens with one attached hydrogen (secondary N) is 5. The highest BCUT2D eigenvalue weighted by atomic mass is 16.3. The SMILES string of the molecule is O=C(N[C@@H](CC1CCCCC1)[C@@H](O)c1ncc[nH]1)[C@H](Cc1cnc[nH]1)NC(=O)[C@H](Cc1ccccc1)NC(=O)N1CCCC1. The van der Waals surface area contributed by atoms with E-state index in [4.69, 9.17) is 0 Å². The van der Waals surface area contributed by atoms with Gasteiger partial charge in [-0.25, -0.2) is 14.8 Å². The van der Waals surface area contributed by atoms with E-state index in [1.807, 2.05) is 30.3 Å². The number of amides is 4. The first-order chi connectivity index (χ1) is 21.5. The molecule has 1 saturated carbocycles. The number of H-pyrrole nitrogens is 2. The maximum Gasteiger partial charge on any atom is 0.318 e. The second-order valence-corrected chi connectivity index (χ2v) is 12.0. The van der Waals surface area contributed by atoms with Crippen molar-refractivity contribution < 1.29 is 19.5 Å². The second-order valence-electron chi connectivity index (χ2n) is 12.0. The highest BCUT2D eigenvalue weighted by Crippen LogP contribution is 2.30. The van der Waals surface area contributed by atoms with Crippen LogP contribution in [0.5, 0.6) is 0 Å². The maximum atomic E-state index is 13.9. The zero-order valence-corrected chi connectivity index (χ0v) is 25.1. The van der Waals surface area contributed by atoms with Crippen LogP contribution in [0.15, 0.2) is 55.2 Å². The molecular formula is C32H44N8O4. The smallest absolute Gasteiger partial charge is 0.318 e. The molecule has 3 heterocycles. The largest absolute Gasteiger partial charge is 0.383 e. The first-order valence-corrected chi connectivity index (χ1v) is 15.8. The molecule has 4 amide bonds. The number of aromatic nitrogens is 4. The van der Waals surface area contributed by atoms with Crippen molar-refractivity contribution in [1.82, 2.24) is 40.8 Å². The fraction of sp³-hybridized carbons (Fsp3) is 0.531. The van der Waals surface area contributed by atoms with Crippen LogP contribution in [0.2, 0.25) is 0 Å². The van der Waals surface area contributed by atoms with Crippen molar-refractivity contribution in [3.05, 3.63) is 72.3 Å². The average molecular weight is 605 g/mol. The third-order valence-electron chi connectivity index (χ3n) is 8.72. The summed E-state index contributed by atoms with van der Waals surface area (Å²) >= 11 is 0. The predicted octanol–water partition coefficient (Wildman–Crippen LogP) is 2.77. The van der Waals surface area contributed by atoms with Gasteiger partial charge in [0.05, 0.1) is 12.4 Å². The Morgan fingerprint density at radius 1 is 0.909 bits per heavy atom. The number of urea groups is 1. The Balaban J connectivity index is 1.34. The van der Waals surface area contributed by atoms with Crippen LogP contribution >= 0.6 is 0 Å². The molecule has 0 radical (unpaired) electrons. The number of likely N-dealkylation sites (tertiary alicyclic amines) is 1. The van der Waals surface area contributed by atoms with Crippen LogP contribution in [0.3, 0.4) is 0 Å². The van der Waals surface area contributed by atoms with Crippen molar-refractivity contribution in [3.8, 4) is 0 Å². The van der Waals surface area contributed by atoms with Crippen molar-refractivity contribution >= 4 is 17.8 Å². The van der Waals surface area contributed by atoms with Gasteiger partial charge in [-0.15, -0.1) is 0 Å². The fourth-order valence-corrected chi connectivity index (χ4v) is 6.28. The molecule has 6 N–H and O–H groups in total. The Kier molecular flexibility index (Phi) is 11.0. The second kappa shape index (κ2) is 15.5. The van der Waals surface area contributed by atoms with E-state index in [9.17, 15) is 19.5 Å². The first kappa shape index (κ1) is 31.2. The molecule has 1 saturated heterocycles. The van der Waals surface area contributed by atoms with Crippen LogP contribution in [0.1, 0.15) is 74.6 Å². The Hall–Kier alpha value is -4.19. The molecule has 4 atom stereocenters. The molecule has 1 aromatic carbocycles. The predicted molar refractivity (Wildman–Crippen MR) is 164 cm³/mol. The van der Waals surface area contributed by atoms with Gasteiger partial charge in [-0.3, -0.25) is 9.59 Å². The zero-order valence-electron chi connectivity index (χ0n) is 25.1. The van der Waals surface area contributed by atoms with Crippen LogP contribution < -0.4 is 16.0 Å². The van der Waals surface area contributed by atoms with Gasteiger partial charge in [0.1, 0.15) is 24.0 Å². The summed E-state index contributed by atoms with van der Waals surface area (Å²) < 4.78 is 0. The number of rotatable bonds is 13. The summed E-state index contributed by atoms with van der Waals surface area (Å²) in [5.41, 5.74) is 1.56. The number of carbonyl (C=O) groups is 3. The zero-order chi connectivity index (χ0) is 30.7. The van der Waals surface area contributed by atoms with Crippen molar-refractivity contribution in [2.24, 2.45) is 5.92 Å². The molecule has 5 rings (SSSR count). The van der Waals surface area contributed by atoms with Crippen LogP contribution in [0.4, 0.5) is 4.79 Å². The summed E-state index contributed by atoms with van der Waals surface area (Å²) in [6, 6.07) is 6.71. The van der Waals surface area contributed by atoms with Gasteiger partial charge in [0.25, 0.3) is 0 Å². The minimum atomic E-state index is -1.04. The van der Waals surface area contributed by atoms with Crippen molar-refractivity contribution in [3.63, 3.8) is 0 Å². The molecule has 0 bridgehead atoms. The molecule has 3 aromatic rings. The number of aliphatic hydroxyl groups is 1. The first-order valence-electron chi connectivity index (χ1n) is 15.8. The van der Waals surface area contributed by atoms with Crippen LogP contribution in [0.25, 0.3) is 0 Å². The van der Waals surface area contributed by atoms with E-state index in [1.165, 1.54) is 12.7 Å². The van der Waals surface area contributed by atoms with Crippen molar-refractivity contribution in [1.29, 1.82) is 0 Å². The standard InChI is InChI=1S/C32H44N8O4/c41-28(29-34-13-14-35-29)25(17-22-9-3-1-4-10-22)37-31(43)27(19-24-20-33-21-36-24)38-30(42)26(18-23-11-5-2-6-12-23)39-32(44)40-15-7-8-16-40/h2,5-6,11-14,20-22,25-28,41H,1,3-4,7-10,15-19H2,(H,33,36)(H,34,35)(H,37,43)(H,38,42)(H,39,44)/t25-,26-,27-,28+/m0/s1. The number of hydrogen-bond acceptors (Lipinski definition) is 6. The number of aromatic amines is 2. The Bertz CT molecular complexity index is 1310. The molecular weight excluding hydrogens is 560 g/mol. The van der Waals surface area contributed by atoms with Gasteiger partial charge >= 0.3 is 6.03 Å². The van der Waals surface area contributed by atoms with Crippen molar-refractivity contribution in [2.75, 3.05) is 13.1 Å². The van der Waals surface area contributed by atoms with Gasteiger partial charge in [-0.05, 0) is 30.7 Å². The lowest BCUT2D eigenvalue weighted by Gasteiger charge is -2.31. The lowest BCUT2D eigenvalue weighted by Crippen LogP contribution is -2.57. The third-order valence-corrected chi connectivity index (χ3v) is 8.72. The fourth-order valence-electron chi connectivity index (χ4n) is 6.28. The van der Waals surface area contributed by atoms with Crippen LogP contribution in [-0.2, 0) is 22.4 Å². The lowest BCUT2D eigenvalue weighted by atomic mass is 9.83. The number of hydrogen-bond donors (Lipinski definition) is 6. The quantitative estimate of drug-likeness (QED) is 0.175. The van der Waals surface area contributed by atoms with E-state index in [1.54, 1.807) is 23.5 Å². The molecule has 44 heavy (non-hydrogen) atoms. The van der Waals surface area contributed by atoms with Gasteiger partial charge in [-0.1, -0.05) is 62.4 Å². The number of carbonyl (C=O) groups excluding carboxylic acids is 3. The number of nitrogens with zero attached hydrogens (tertiary/aromatic N) is 3. The molecule has 12 nitrogen and oxygen atoms in total. The van der Waals surface area contributed by atoms with Gasteiger partial charge < -0.3 is 35.9 Å². The van der Waals surface area contributed by atoms with E-state index < -0.39 is 36.0 Å². The molecule has 1 aliphatic carbocycles. The summed E-state index contributed by atoms with van der Waals surface area (Å²) in [5, 5.41) is 20.1. The molecule has 2 aliphatic rings. The number of aliphatic hydroxyl groups excluding tert-OH is 1. The van der Waals surface area contributed by atoms with Crippen LogP contribution in [0, 0.1) is 5.92 Å². The normalized spacial score (nSPS) is 18.2. The van der Waals surface area contributed by atoms with E-state index in [-0.39, 0.29) is 18.9 Å². The number of benzene rings is 1. The summed E-state index contributed by atoms with van der Waals surface area (Å²) in [4.78, 5) is 56.8. The Labute approximate surface area is 257 Å². The maximum absolute atomic E-state index is 13.9. The molecule has 12 heteroatoms. The van der Waals surface area contributed by atoms with E-state index >= 15 is 0 Å². The van der Waals surface area contributed by atoms with E-state index in [0.717, 1.165) is 44.1 Å². The molecule has 0 unspecified atom stereocenters. The summed E-state index contributed by atoms with van der Waals surface area (Å²) in [6.07, 6.45) is 13.7. The highest BCUT2D eigenvalue weighted by Gasteiger charge is 2.33. The van der Waals surface area contributed by atoms with Crippen LogP contribution in [-0.4, -0.2) is 79.0 Å². The van der Waals surface area contributed by atoms with E-state index in [2.05, 4.69) is 35.9 Å². The number of imidazole rings is 2. The molecule has 236 valence electrons. The highest BCUT2D eigenvalue weighted by molar-refractivity contribution is 5.92. The van der Waals surface area contributed by atoms with Gasteiger partial charge in [0.15, 0.2) is 0 Å². The molecule has 0 spiro atoms. The average Bonchev–Trinajstić information content (AvgIpc) is 3.85. The molecule has 2 aromatic heterocycles.